The smallest absolute Gasteiger partial charge is 0.273 e. The molecule has 4 heteroatoms. The minimum absolute atomic E-state index is 0.0666. The fourth-order valence-corrected chi connectivity index (χ4v) is 1.53. The van der Waals surface area contributed by atoms with Gasteiger partial charge in [-0.25, -0.2) is 13.2 Å². The molecule has 1 aromatic rings. The lowest BCUT2D eigenvalue weighted by molar-refractivity contribution is 0.0495. The van der Waals surface area contributed by atoms with Gasteiger partial charge >= 0.3 is 0 Å². The van der Waals surface area contributed by atoms with Crippen molar-refractivity contribution in [2.45, 2.75) is 25.4 Å². The molecule has 1 atom stereocenters. The maximum atomic E-state index is 13.1. The summed E-state index contributed by atoms with van der Waals surface area (Å²) in [6.45, 7) is 0.859. The third-order valence-electron chi connectivity index (χ3n) is 2.38. The van der Waals surface area contributed by atoms with Crippen molar-refractivity contribution >= 4 is 0 Å². The van der Waals surface area contributed by atoms with Crippen molar-refractivity contribution in [2.75, 3.05) is 13.6 Å². The number of hydrogen-bond donors (Lipinski definition) is 1. The predicted octanol–water partition coefficient (Wildman–Crippen LogP) is 3.11. The van der Waals surface area contributed by atoms with Gasteiger partial charge in [-0.15, -0.1) is 0 Å². The lowest BCUT2D eigenvalue weighted by Crippen LogP contribution is -2.08. The molecule has 0 amide bonds. The van der Waals surface area contributed by atoms with Gasteiger partial charge in [-0.3, -0.25) is 0 Å². The molecule has 1 rings (SSSR count). The Labute approximate surface area is 93.7 Å². The molecular weight excluding hydrogens is 215 g/mol. The summed E-state index contributed by atoms with van der Waals surface area (Å²) in [6, 6.07) is 6.38. The van der Waals surface area contributed by atoms with Crippen molar-refractivity contribution in [3.05, 3.63) is 35.4 Å². The van der Waals surface area contributed by atoms with Crippen LogP contribution in [0.25, 0.3) is 0 Å². The average Bonchev–Trinajstić information content (AvgIpc) is 2.29. The average molecular weight is 231 g/mol. The van der Waals surface area contributed by atoms with Crippen LogP contribution in [0.1, 0.15) is 23.7 Å². The molecule has 0 radical (unpaired) electrons. The Morgan fingerprint density at radius 3 is 2.62 bits per heavy atom. The summed E-state index contributed by atoms with van der Waals surface area (Å²) in [5, 5.41) is 3.00. The third kappa shape index (κ3) is 3.85. The molecule has 1 aromatic carbocycles. The van der Waals surface area contributed by atoms with E-state index in [-0.39, 0.29) is 5.56 Å². The second-order valence-electron chi connectivity index (χ2n) is 3.69. The van der Waals surface area contributed by atoms with E-state index in [1.807, 2.05) is 13.1 Å². The molecular formula is C12H16F3N. The van der Waals surface area contributed by atoms with Gasteiger partial charge in [0.1, 0.15) is 0 Å². The van der Waals surface area contributed by atoms with Gasteiger partial charge in [0.15, 0.2) is 6.17 Å². The second-order valence-corrected chi connectivity index (χ2v) is 3.69. The van der Waals surface area contributed by atoms with Crippen LogP contribution in [0.3, 0.4) is 0 Å². The number of benzene rings is 1. The van der Waals surface area contributed by atoms with Crippen molar-refractivity contribution in [2.24, 2.45) is 0 Å². The molecule has 0 aliphatic carbocycles. The van der Waals surface area contributed by atoms with Gasteiger partial charge in [-0.1, -0.05) is 24.3 Å². The predicted molar refractivity (Wildman–Crippen MR) is 58.5 cm³/mol. The van der Waals surface area contributed by atoms with Crippen molar-refractivity contribution in [1.82, 2.24) is 5.32 Å². The van der Waals surface area contributed by atoms with E-state index >= 15 is 0 Å². The molecule has 0 saturated carbocycles. The van der Waals surface area contributed by atoms with Gasteiger partial charge in [0, 0.05) is 0 Å². The Kier molecular flexibility index (Phi) is 5.32. The van der Waals surface area contributed by atoms with Crippen LogP contribution < -0.4 is 5.32 Å². The van der Waals surface area contributed by atoms with Gasteiger partial charge < -0.3 is 5.32 Å². The Morgan fingerprint density at radius 2 is 2.00 bits per heavy atom. The van der Waals surface area contributed by atoms with Crippen molar-refractivity contribution in [3.63, 3.8) is 0 Å². The van der Waals surface area contributed by atoms with Crippen LogP contribution in [0.5, 0.6) is 0 Å². The minimum Gasteiger partial charge on any atom is -0.320 e. The summed E-state index contributed by atoms with van der Waals surface area (Å²) >= 11 is 0. The van der Waals surface area contributed by atoms with Gasteiger partial charge in [0.05, 0.1) is 0 Å². The Hall–Kier alpha value is -1.03. The maximum absolute atomic E-state index is 13.1. The molecule has 0 bridgehead atoms. The summed E-state index contributed by atoms with van der Waals surface area (Å²) in [4.78, 5) is 0. The number of halogens is 3. The van der Waals surface area contributed by atoms with E-state index in [0.717, 1.165) is 24.9 Å². The monoisotopic (exact) mass is 231 g/mol. The standard InChI is InChI=1S/C12H16F3N/c1-16-7-3-5-9-4-2-6-10(8-9)11(13)12(14)15/h2,4,6,8,11-12,16H,3,5,7H2,1H3. The van der Waals surface area contributed by atoms with Crippen molar-refractivity contribution in [1.29, 1.82) is 0 Å². The second kappa shape index (κ2) is 6.53. The molecule has 0 saturated heterocycles. The first-order valence-electron chi connectivity index (χ1n) is 5.31. The van der Waals surface area contributed by atoms with E-state index in [9.17, 15) is 13.2 Å². The zero-order valence-corrected chi connectivity index (χ0v) is 9.22. The molecule has 0 fully saturated rings. The first-order valence-corrected chi connectivity index (χ1v) is 5.31. The fraction of sp³-hybridized carbons (Fsp3) is 0.500. The summed E-state index contributed by atoms with van der Waals surface area (Å²) in [6.07, 6.45) is -3.45. The molecule has 0 aliphatic heterocycles. The zero-order chi connectivity index (χ0) is 12.0. The van der Waals surface area contributed by atoms with Crippen LogP contribution in [-0.4, -0.2) is 20.0 Å². The zero-order valence-electron chi connectivity index (χ0n) is 9.22. The van der Waals surface area contributed by atoms with Crippen molar-refractivity contribution in [3.8, 4) is 0 Å². The van der Waals surface area contributed by atoms with Gasteiger partial charge in [0.25, 0.3) is 6.43 Å². The van der Waals surface area contributed by atoms with Crippen LogP contribution in [-0.2, 0) is 6.42 Å². The summed E-state index contributed by atoms with van der Waals surface area (Å²) in [7, 11) is 1.85. The van der Waals surface area contributed by atoms with Gasteiger partial charge in [0.2, 0.25) is 0 Å². The summed E-state index contributed by atoms with van der Waals surface area (Å²) < 4.78 is 37.4. The van der Waals surface area contributed by atoms with Gasteiger partial charge in [-0.2, -0.15) is 0 Å². The quantitative estimate of drug-likeness (QED) is 0.742. The molecule has 0 heterocycles. The molecule has 1 nitrogen and oxygen atoms in total. The van der Waals surface area contributed by atoms with Crippen LogP contribution in [0.2, 0.25) is 0 Å². The third-order valence-corrected chi connectivity index (χ3v) is 2.38. The first-order chi connectivity index (χ1) is 7.65. The van der Waals surface area contributed by atoms with E-state index in [1.54, 1.807) is 6.07 Å². The lowest BCUT2D eigenvalue weighted by Gasteiger charge is -2.09. The summed E-state index contributed by atoms with van der Waals surface area (Å²) in [5.41, 5.74) is 0.966. The van der Waals surface area contributed by atoms with E-state index in [0.29, 0.717) is 0 Å². The molecule has 16 heavy (non-hydrogen) atoms. The summed E-state index contributed by atoms with van der Waals surface area (Å²) in [5.74, 6) is 0. The van der Waals surface area contributed by atoms with E-state index in [2.05, 4.69) is 5.32 Å². The highest BCUT2D eigenvalue weighted by Crippen LogP contribution is 2.25. The van der Waals surface area contributed by atoms with Crippen LogP contribution in [0, 0.1) is 0 Å². The van der Waals surface area contributed by atoms with Crippen molar-refractivity contribution < 1.29 is 13.2 Å². The molecule has 0 spiro atoms. The van der Waals surface area contributed by atoms with Gasteiger partial charge in [-0.05, 0) is 37.6 Å². The largest absolute Gasteiger partial charge is 0.320 e. The lowest BCUT2D eigenvalue weighted by atomic mass is 10.0. The Morgan fingerprint density at radius 1 is 1.25 bits per heavy atom. The molecule has 0 aromatic heterocycles. The van der Waals surface area contributed by atoms with E-state index in [1.165, 1.54) is 12.1 Å². The molecule has 90 valence electrons. The highest BCUT2D eigenvalue weighted by atomic mass is 19.3. The maximum Gasteiger partial charge on any atom is 0.273 e. The van der Waals surface area contributed by atoms with E-state index < -0.39 is 12.6 Å². The molecule has 0 aliphatic rings. The van der Waals surface area contributed by atoms with Crippen LogP contribution >= 0.6 is 0 Å². The number of alkyl halides is 3. The molecule has 1 unspecified atom stereocenters. The van der Waals surface area contributed by atoms with E-state index in [4.69, 9.17) is 0 Å². The highest BCUT2D eigenvalue weighted by molar-refractivity contribution is 5.25. The minimum atomic E-state index is -2.95. The first kappa shape index (κ1) is 13.0. The number of hydrogen-bond acceptors (Lipinski definition) is 1. The Balaban J connectivity index is 2.63. The number of rotatable bonds is 6. The normalized spacial score (nSPS) is 13.1. The topological polar surface area (TPSA) is 12.0 Å². The van der Waals surface area contributed by atoms with Crippen LogP contribution in [0.4, 0.5) is 13.2 Å². The van der Waals surface area contributed by atoms with Crippen LogP contribution in [0.15, 0.2) is 24.3 Å². The number of aryl methyl sites for hydroxylation is 1. The highest BCUT2D eigenvalue weighted by Gasteiger charge is 2.21. The number of nitrogens with one attached hydrogen (secondary N) is 1. The SMILES string of the molecule is CNCCCc1cccc(C(F)C(F)F)c1. The fourth-order valence-electron chi connectivity index (χ4n) is 1.53. The Bertz CT molecular complexity index is 315. The molecule has 1 N–H and O–H groups in total.